The van der Waals surface area contributed by atoms with Crippen LogP contribution in [0, 0.1) is 0 Å². The van der Waals surface area contributed by atoms with Crippen LogP contribution in [0.2, 0.25) is 0 Å². The van der Waals surface area contributed by atoms with Gasteiger partial charge in [0.25, 0.3) is 0 Å². The Kier molecular flexibility index (Phi) is 5.66. The number of hydrogen-bond acceptors (Lipinski definition) is 5. The van der Waals surface area contributed by atoms with E-state index in [1.807, 2.05) is 56.3 Å². The first-order valence-electron chi connectivity index (χ1n) is 8.58. The lowest BCUT2D eigenvalue weighted by Gasteiger charge is -2.26. The Balaban J connectivity index is 1.52. The molecule has 2 aromatic carbocycles. The maximum Gasteiger partial charge on any atom is 0.161 e. The molecule has 134 valence electrons. The van der Waals surface area contributed by atoms with E-state index in [9.17, 15) is 0 Å². The van der Waals surface area contributed by atoms with Crippen LogP contribution in [0.25, 0.3) is 0 Å². The van der Waals surface area contributed by atoms with Crippen molar-refractivity contribution < 1.29 is 18.9 Å². The maximum atomic E-state index is 5.95. The predicted octanol–water partition coefficient (Wildman–Crippen LogP) is 3.41. The smallest absolute Gasteiger partial charge is 0.161 e. The second-order valence-electron chi connectivity index (χ2n) is 6.28. The van der Waals surface area contributed by atoms with Gasteiger partial charge in [0.1, 0.15) is 12.7 Å². The molecule has 0 fully saturated rings. The molecule has 0 spiro atoms. The highest BCUT2D eigenvalue weighted by Gasteiger charge is 2.20. The monoisotopic (exact) mass is 343 g/mol. The standard InChI is InChI=1S/C20H25NO4/c1-14(2)24-19-9-8-15(10-20(19)22-3)11-21-12-16-13-23-17-6-4-5-7-18(17)25-16/h4-10,14,16,21H,11-13H2,1-3H3. The van der Waals surface area contributed by atoms with Crippen molar-refractivity contribution in [2.75, 3.05) is 20.3 Å². The summed E-state index contributed by atoms with van der Waals surface area (Å²) in [5.74, 6) is 3.13. The van der Waals surface area contributed by atoms with E-state index < -0.39 is 0 Å². The Bertz CT molecular complexity index is 702. The Hall–Kier alpha value is -2.40. The van der Waals surface area contributed by atoms with Gasteiger partial charge in [-0.2, -0.15) is 0 Å². The summed E-state index contributed by atoms with van der Waals surface area (Å²) >= 11 is 0. The summed E-state index contributed by atoms with van der Waals surface area (Å²) < 4.78 is 22.8. The van der Waals surface area contributed by atoms with Gasteiger partial charge in [-0.15, -0.1) is 0 Å². The van der Waals surface area contributed by atoms with Crippen LogP contribution < -0.4 is 24.3 Å². The van der Waals surface area contributed by atoms with Crippen molar-refractivity contribution >= 4 is 0 Å². The summed E-state index contributed by atoms with van der Waals surface area (Å²) in [6.07, 6.45) is 0.115. The first-order chi connectivity index (χ1) is 12.2. The van der Waals surface area contributed by atoms with Crippen molar-refractivity contribution in [1.29, 1.82) is 0 Å². The van der Waals surface area contributed by atoms with Gasteiger partial charge in [-0.25, -0.2) is 0 Å². The minimum atomic E-state index is 0.000318. The Morgan fingerprint density at radius 1 is 1.12 bits per heavy atom. The molecule has 1 aliphatic rings. The molecule has 0 bridgehead atoms. The zero-order valence-corrected chi connectivity index (χ0v) is 15.0. The lowest BCUT2D eigenvalue weighted by atomic mass is 10.2. The Morgan fingerprint density at radius 2 is 1.92 bits per heavy atom. The minimum Gasteiger partial charge on any atom is -0.493 e. The molecule has 0 aromatic heterocycles. The van der Waals surface area contributed by atoms with E-state index in [1.54, 1.807) is 7.11 Å². The topological polar surface area (TPSA) is 49.0 Å². The summed E-state index contributed by atoms with van der Waals surface area (Å²) in [5.41, 5.74) is 1.13. The molecule has 0 aliphatic carbocycles. The number of methoxy groups -OCH3 is 1. The van der Waals surface area contributed by atoms with Gasteiger partial charge in [-0.1, -0.05) is 18.2 Å². The fraction of sp³-hybridized carbons (Fsp3) is 0.400. The normalized spacial score (nSPS) is 15.9. The molecule has 25 heavy (non-hydrogen) atoms. The summed E-state index contributed by atoms with van der Waals surface area (Å²) in [5, 5.41) is 3.41. The number of hydrogen-bond donors (Lipinski definition) is 1. The first kappa shape index (κ1) is 17.4. The zero-order chi connectivity index (χ0) is 17.6. The molecule has 5 nitrogen and oxygen atoms in total. The largest absolute Gasteiger partial charge is 0.493 e. The molecule has 2 aromatic rings. The van der Waals surface area contributed by atoms with E-state index in [0.29, 0.717) is 13.2 Å². The van der Waals surface area contributed by atoms with Crippen LogP contribution in [0.1, 0.15) is 19.4 Å². The van der Waals surface area contributed by atoms with Gasteiger partial charge in [0, 0.05) is 13.1 Å². The van der Waals surface area contributed by atoms with E-state index in [0.717, 1.165) is 35.1 Å². The van der Waals surface area contributed by atoms with E-state index in [-0.39, 0.29) is 12.2 Å². The third kappa shape index (κ3) is 4.57. The molecular formula is C20H25NO4. The van der Waals surface area contributed by atoms with Crippen LogP contribution in [0.3, 0.4) is 0 Å². The van der Waals surface area contributed by atoms with E-state index in [4.69, 9.17) is 18.9 Å². The third-order valence-corrected chi connectivity index (χ3v) is 3.86. The lowest BCUT2D eigenvalue weighted by Crippen LogP contribution is -2.38. The highest BCUT2D eigenvalue weighted by molar-refractivity contribution is 5.43. The summed E-state index contributed by atoms with van der Waals surface area (Å²) in [7, 11) is 1.66. The third-order valence-electron chi connectivity index (χ3n) is 3.86. The predicted molar refractivity (Wildman–Crippen MR) is 96.8 cm³/mol. The maximum absolute atomic E-state index is 5.95. The number of nitrogens with one attached hydrogen (secondary N) is 1. The van der Waals surface area contributed by atoms with Crippen LogP contribution in [-0.2, 0) is 6.54 Å². The highest BCUT2D eigenvalue weighted by Crippen LogP contribution is 2.31. The van der Waals surface area contributed by atoms with Gasteiger partial charge >= 0.3 is 0 Å². The van der Waals surface area contributed by atoms with E-state index in [2.05, 4.69) is 5.32 Å². The van der Waals surface area contributed by atoms with Crippen molar-refractivity contribution in [3.05, 3.63) is 48.0 Å². The van der Waals surface area contributed by atoms with Gasteiger partial charge in [-0.05, 0) is 43.7 Å². The van der Waals surface area contributed by atoms with Gasteiger partial charge in [-0.3, -0.25) is 0 Å². The molecule has 1 aliphatic heterocycles. The molecule has 1 unspecified atom stereocenters. The van der Waals surface area contributed by atoms with Gasteiger partial charge < -0.3 is 24.3 Å². The van der Waals surface area contributed by atoms with Crippen LogP contribution in [0.4, 0.5) is 0 Å². The number of rotatable bonds is 7. The van der Waals surface area contributed by atoms with Crippen LogP contribution in [0.15, 0.2) is 42.5 Å². The first-order valence-corrected chi connectivity index (χ1v) is 8.58. The summed E-state index contributed by atoms with van der Waals surface area (Å²) in [6.45, 7) is 5.98. The molecule has 1 atom stereocenters. The molecule has 1 N–H and O–H groups in total. The molecule has 0 radical (unpaired) electrons. The molecule has 0 saturated heterocycles. The van der Waals surface area contributed by atoms with Crippen molar-refractivity contribution in [2.45, 2.75) is 32.6 Å². The van der Waals surface area contributed by atoms with Gasteiger partial charge in [0.2, 0.25) is 0 Å². The number of ether oxygens (including phenoxy) is 4. The Morgan fingerprint density at radius 3 is 2.68 bits per heavy atom. The lowest BCUT2D eigenvalue weighted by molar-refractivity contribution is 0.0902. The highest BCUT2D eigenvalue weighted by atomic mass is 16.6. The van der Waals surface area contributed by atoms with E-state index in [1.165, 1.54) is 0 Å². The van der Waals surface area contributed by atoms with Crippen molar-refractivity contribution in [2.24, 2.45) is 0 Å². The summed E-state index contributed by atoms with van der Waals surface area (Å²) in [4.78, 5) is 0. The van der Waals surface area contributed by atoms with Crippen LogP contribution >= 0.6 is 0 Å². The Labute approximate surface area is 148 Å². The molecule has 3 rings (SSSR count). The van der Waals surface area contributed by atoms with Crippen molar-refractivity contribution in [3.63, 3.8) is 0 Å². The number of benzene rings is 2. The number of fused-ring (bicyclic) bond motifs is 1. The molecule has 0 amide bonds. The molecule has 1 heterocycles. The summed E-state index contributed by atoms with van der Waals surface area (Å²) in [6, 6.07) is 13.7. The van der Waals surface area contributed by atoms with Gasteiger partial charge in [0.15, 0.2) is 23.0 Å². The van der Waals surface area contributed by atoms with Crippen molar-refractivity contribution in [3.8, 4) is 23.0 Å². The fourth-order valence-corrected chi connectivity index (χ4v) is 2.71. The zero-order valence-electron chi connectivity index (χ0n) is 15.0. The van der Waals surface area contributed by atoms with Crippen molar-refractivity contribution in [1.82, 2.24) is 5.32 Å². The SMILES string of the molecule is COc1cc(CNCC2COc3ccccc3O2)ccc1OC(C)C. The second kappa shape index (κ2) is 8.12. The minimum absolute atomic E-state index is 0.000318. The number of para-hydroxylation sites is 2. The average molecular weight is 343 g/mol. The van der Waals surface area contributed by atoms with Crippen LogP contribution in [-0.4, -0.2) is 32.5 Å². The van der Waals surface area contributed by atoms with Crippen LogP contribution in [0.5, 0.6) is 23.0 Å². The molecule has 0 saturated carbocycles. The molecular weight excluding hydrogens is 318 g/mol. The second-order valence-corrected chi connectivity index (χ2v) is 6.28. The van der Waals surface area contributed by atoms with E-state index >= 15 is 0 Å². The fourth-order valence-electron chi connectivity index (χ4n) is 2.71. The van der Waals surface area contributed by atoms with Gasteiger partial charge in [0.05, 0.1) is 13.2 Å². The molecule has 5 heteroatoms. The quantitative estimate of drug-likeness (QED) is 0.835. The average Bonchev–Trinajstić information content (AvgIpc) is 2.62.